The fraction of sp³-hybridized carbons (Fsp3) is 1.00. The SMILES string of the molecule is CP(C)CCP(C)C.CP(C)CCP(C)C.[Cl][Fe][Cl]. The third-order valence-electron chi connectivity index (χ3n) is 1.99. The van der Waals surface area contributed by atoms with Gasteiger partial charge in [-0.3, -0.25) is 0 Å². The summed E-state index contributed by atoms with van der Waals surface area (Å²) >= 11 is 0.194. The number of hydrogen-bond donors (Lipinski definition) is 0. The molecule has 0 rings (SSSR count). The van der Waals surface area contributed by atoms with Gasteiger partial charge in [-0.05, 0) is 78.0 Å². The molecule has 0 saturated carbocycles. The molecule has 0 aromatic heterocycles. The maximum atomic E-state index is 4.76. The van der Waals surface area contributed by atoms with Crippen LogP contribution in [0.15, 0.2) is 0 Å². The molecule has 0 aromatic carbocycles. The number of hydrogen-bond acceptors (Lipinski definition) is 0. The van der Waals surface area contributed by atoms with Gasteiger partial charge in [0.05, 0.1) is 0 Å². The van der Waals surface area contributed by atoms with Crippen molar-refractivity contribution in [3.63, 3.8) is 0 Å². The van der Waals surface area contributed by atoms with E-state index in [0.717, 1.165) is 0 Å². The molecule has 0 radical (unpaired) electrons. The van der Waals surface area contributed by atoms with Crippen molar-refractivity contribution in [2.45, 2.75) is 0 Å². The predicted octanol–water partition coefficient (Wildman–Crippen LogP) is 6.32. The molecule has 7 heteroatoms. The van der Waals surface area contributed by atoms with Crippen molar-refractivity contribution in [2.24, 2.45) is 0 Å². The Bertz CT molecular complexity index is 127. The van der Waals surface area contributed by atoms with Crippen molar-refractivity contribution in [3.05, 3.63) is 0 Å². The quantitative estimate of drug-likeness (QED) is 0.344. The van der Waals surface area contributed by atoms with Crippen molar-refractivity contribution < 1.29 is 13.1 Å². The molecule has 0 nitrogen and oxygen atoms in total. The molecule has 0 fully saturated rings. The van der Waals surface area contributed by atoms with Crippen LogP contribution in [0, 0.1) is 0 Å². The molecule has 0 bridgehead atoms. The van der Waals surface area contributed by atoms with E-state index in [4.69, 9.17) is 20.2 Å². The van der Waals surface area contributed by atoms with Crippen molar-refractivity contribution in [1.29, 1.82) is 0 Å². The summed E-state index contributed by atoms with van der Waals surface area (Å²) < 4.78 is 0. The fourth-order valence-corrected chi connectivity index (χ4v) is 7.20. The van der Waals surface area contributed by atoms with Gasteiger partial charge in [-0.1, -0.05) is 0 Å². The molecule has 19 heavy (non-hydrogen) atoms. The Morgan fingerprint density at radius 3 is 0.684 bits per heavy atom. The molecule has 0 heterocycles. The summed E-state index contributed by atoms with van der Waals surface area (Å²) in [5, 5.41) is 0. The fourth-order valence-electron chi connectivity index (χ4n) is 0.800. The van der Waals surface area contributed by atoms with Crippen LogP contribution in [0.5, 0.6) is 0 Å². The first-order valence-electron chi connectivity index (χ1n) is 6.11. The first-order valence-corrected chi connectivity index (χ1v) is 18.8. The summed E-state index contributed by atoms with van der Waals surface area (Å²) in [4.78, 5) is 0. The Labute approximate surface area is 142 Å². The Hall–Kier alpha value is 2.82. The van der Waals surface area contributed by atoms with Gasteiger partial charge >= 0.3 is 33.3 Å². The Morgan fingerprint density at radius 2 is 0.632 bits per heavy atom. The molecule has 0 aliphatic carbocycles. The van der Waals surface area contributed by atoms with E-state index < -0.39 is 0 Å². The van der Waals surface area contributed by atoms with E-state index in [9.17, 15) is 0 Å². The molecule has 0 aliphatic heterocycles. The maximum absolute atomic E-state index is 4.76. The number of halogens is 2. The second kappa shape index (κ2) is 20.8. The minimum absolute atomic E-state index is 0.194. The monoisotopic (exact) mass is 426 g/mol. The van der Waals surface area contributed by atoms with E-state index in [-0.39, 0.29) is 13.1 Å². The van der Waals surface area contributed by atoms with Gasteiger partial charge in [0.2, 0.25) is 0 Å². The Balaban J connectivity index is -0.000000224. The molecular formula is C12H32Cl2FeP4. The van der Waals surface area contributed by atoms with E-state index >= 15 is 0 Å². The van der Waals surface area contributed by atoms with Gasteiger partial charge in [-0.25, -0.2) is 0 Å². The van der Waals surface area contributed by atoms with Crippen LogP contribution < -0.4 is 0 Å². The topological polar surface area (TPSA) is 0 Å². The van der Waals surface area contributed by atoms with E-state index in [1.54, 1.807) is 0 Å². The molecule has 0 atom stereocenters. The van der Waals surface area contributed by atoms with Gasteiger partial charge in [-0.2, -0.15) is 0 Å². The van der Waals surface area contributed by atoms with E-state index in [1.807, 2.05) is 0 Å². The second-order valence-electron chi connectivity index (χ2n) is 5.26. The van der Waals surface area contributed by atoms with Crippen molar-refractivity contribution in [1.82, 2.24) is 0 Å². The van der Waals surface area contributed by atoms with Crippen molar-refractivity contribution in [3.8, 4) is 0 Å². The molecule has 0 unspecified atom stereocenters. The normalized spacial score (nSPS) is 10.6. The van der Waals surface area contributed by atoms with Gasteiger partial charge in [0, 0.05) is 0 Å². The van der Waals surface area contributed by atoms with Gasteiger partial charge in [0.1, 0.15) is 0 Å². The van der Waals surface area contributed by atoms with Crippen LogP contribution in [0.2, 0.25) is 0 Å². The van der Waals surface area contributed by atoms with E-state index in [2.05, 4.69) is 53.3 Å². The van der Waals surface area contributed by atoms with Crippen molar-refractivity contribution in [2.75, 3.05) is 78.0 Å². The standard InChI is InChI=1S/2C6H16P2.2ClH.Fe/c2*1-7(2)5-6-8(3)4;;;/h2*5-6H2,1-4H3;2*1H;/q;;;;+2/p-2. The molecule has 0 amide bonds. The number of rotatable bonds is 6. The van der Waals surface area contributed by atoms with E-state index in [0.29, 0.717) is 31.7 Å². The summed E-state index contributed by atoms with van der Waals surface area (Å²) in [5.74, 6) is 0. The summed E-state index contributed by atoms with van der Waals surface area (Å²) in [7, 11) is 11.1. The average molecular weight is 427 g/mol. The van der Waals surface area contributed by atoms with Crippen LogP contribution in [0.3, 0.4) is 0 Å². The molecule has 0 aromatic rings. The first-order chi connectivity index (χ1) is 8.67. The van der Waals surface area contributed by atoms with Crippen LogP contribution in [-0.4, -0.2) is 78.0 Å². The second-order valence-corrected chi connectivity index (χ2v) is 17.5. The molecule has 0 N–H and O–H groups in total. The van der Waals surface area contributed by atoms with Crippen LogP contribution in [0.1, 0.15) is 0 Å². The summed E-state index contributed by atoms with van der Waals surface area (Å²) in [6.07, 6.45) is 5.92. The van der Waals surface area contributed by atoms with Gasteiger partial charge in [0.25, 0.3) is 0 Å². The van der Waals surface area contributed by atoms with Crippen LogP contribution in [0.4, 0.5) is 0 Å². The first kappa shape index (κ1) is 26.7. The predicted molar refractivity (Wildman–Crippen MR) is 106 cm³/mol. The van der Waals surface area contributed by atoms with Gasteiger partial charge < -0.3 is 0 Å². The molecule has 0 saturated heterocycles. The van der Waals surface area contributed by atoms with Gasteiger partial charge in [0.15, 0.2) is 0 Å². The zero-order valence-electron chi connectivity index (χ0n) is 13.7. The third kappa shape index (κ3) is 44.9. The van der Waals surface area contributed by atoms with Crippen LogP contribution in [0.25, 0.3) is 0 Å². The summed E-state index contributed by atoms with van der Waals surface area (Å²) in [6, 6.07) is 0. The summed E-state index contributed by atoms with van der Waals surface area (Å²) in [5.41, 5.74) is 0. The molecule has 122 valence electrons. The van der Waals surface area contributed by atoms with Crippen molar-refractivity contribution >= 4 is 51.9 Å². The molecular weight excluding hydrogens is 395 g/mol. The van der Waals surface area contributed by atoms with Gasteiger partial charge in [-0.15, -0.1) is 31.7 Å². The average Bonchev–Trinajstić information content (AvgIpc) is 2.25. The molecule has 0 aliphatic rings. The zero-order valence-corrected chi connectivity index (χ0v) is 19.9. The van der Waals surface area contributed by atoms with Crippen LogP contribution in [-0.2, 0) is 13.1 Å². The Kier molecular flexibility index (Phi) is 29.3. The third-order valence-corrected chi connectivity index (χ3v) is 7.17. The van der Waals surface area contributed by atoms with E-state index in [1.165, 1.54) is 24.6 Å². The summed E-state index contributed by atoms with van der Waals surface area (Å²) in [6.45, 7) is 18.8. The Morgan fingerprint density at radius 1 is 0.526 bits per heavy atom. The zero-order chi connectivity index (χ0) is 15.8. The molecule has 0 spiro atoms. The minimum atomic E-state index is 0.194. The van der Waals surface area contributed by atoms with Crippen LogP contribution >= 0.6 is 51.9 Å².